The van der Waals surface area contributed by atoms with Crippen LogP contribution in [0.15, 0.2) is 27.4 Å². The summed E-state index contributed by atoms with van der Waals surface area (Å²) in [6.07, 6.45) is 0. The molecule has 6 nitrogen and oxygen atoms in total. The minimum atomic E-state index is -0.505. The number of carbonyl (C=O) groups excluding carboxylic acids is 1. The minimum absolute atomic E-state index is 0.0158. The second-order valence-electron chi connectivity index (χ2n) is 4.78. The van der Waals surface area contributed by atoms with Crippen LogP contribution in [0.25, 0.3) is 11.1 Å². The number of H-pyrrole nitrogens is 1. The van der Waals surface area contributed by atoms with Gasteiger partial charge in [0.05, 0.1) is 5.52 Å². The molecule has 1 saturated heterocycles. The third kappa shape index (κ3) is 2.15. The van der Waals surface area contributed by atoms with Gasteiger partial charge in [-0.3, -0.25) is 9.78 Å². The number of nitrogens with zero attached hydrogens (tertiary/aromatic N) is 1. The Bertz CT molecular complexity index is 673. The molecule has 0 bridgehead atoms. The highest BCUT2D eigenvalue weighted by Crippen LogP contribution is 2.15. The summed E-state index contributed by atoms with van der Waals surface area (Å²) in [5, 5.41) is 3.25. The first kappa shape index (κ1) is 12.0. The van der Waals surface area contributed by atoms with Crippen molar-refractivity contribution in [3.8, 4) is 0 Å². The Kier molecular flexibility index (Phi) is 2.87. The lowest BCUT2D eigenvalue weighted by Gasteiger charge is -2.34. The van der Waals surface area contributed by atoms with E-state index in [0.717, 1.165) is 13.1 Å². The molecule has 3 rings (SSSR count). The van der Waals surface area contributed by atoms with Crippen LogP contribution in [0, 0.1) is 0 Å². The van der Waals surface area contributed by atoms with Gasteiger partial charge in [-0.15, -0.1) is 0 Å². The van der Waals surface area contributed by atoms with Gasteiger partial charge < -0.3 is 14.6 Å². The first-order chi connectivity index (χ1) is 9.15. The monoisotopic (exact) mass is 261 g/mol. The highest BCUT2D eigenvalue weighted by Gasteiger charge is 2.24. The summed E-state index contributed by atoms with van der Waals surface area (Å²) >= 11 is 0. The molecular formula is C13H15N3O3. The molecule has 1 fully saturated rings. The minimum Gasteiger partial charge on any atom is -0.408 e. The van der Waals surface area contributed by atoms with Crippen LogP contribution in [-0.2, 0) is 0 Å². The fourth-order valence-electron chi connectivity index (χ4n) is 2.39. The average Bonchev–Trinajstić information content (AvgIpc) is 2.77. The molecule has 2 aromatic rings. The van der Waals surface area contributed by atoms with Crippen molar-refractivity contribution in [3.63, 3.8) is 0 Å². The van der Waals surface area contributed by atoms with E-state index >= 15 is 0 Å². The van der Waals surface area contributed by atoms with Crippen LogP contribution < -0.4 is 11.1 Å². The van der Waals surface area contributed by atoms with E-state index in [1.54, 1.807) is 18.2 Å². The molecule has 0 spiro atoms. The Morgan fingerprint density at radius 1 is 1.47 bits per heavy atom. The number of carbonyl (C=O) groups is 1. The van der Waals surface area contributed by atoms with E-state index in [1.165, 1.54) is 0 Å². The number of amides is 1. The fourth-order valence-corrected chi connectivity index (χ4v) is 2.39. The van der Waals surface area contributed by atoms with E-state index in [9.17, 15) is 9.59 Å². The lowest BCUT2D eigenvalue weighted by atomic mass is 10.1. The van der Waals surface area contributed by atoms with Crippen LogP contribution in [0.4, 0.5) is 0 Å². The maximum atomic E-state index is 12.4. The predicted octanol–water partition coefficient (Wildman–Crippen LogP) is 0.555. The molecule has 1 aliphatic heterocycles. The van der Waals surface area contributed by atoms with Gasteiger partial charge >= 0.3 is 5.76 Å². The van der Waals surface area contributed by atoms with Crippen molar-refractivity contribution < 1.29 is 9.21 Å². The Labute approximate surface area is 109 Å². The molecule has 1 aliphatic rings. The topological polar surface area (TPSA) is 78.3 Å². The number of aromatic nitrogens is 1. The van der Waals surface area contributed by atoms with Gasteiger partial charge in [0.15, 0.2) is 5.58 Å². The number of rotatable bonds is 1. The summed E-state index contributed by atoms with van der Waals surface area (Å²) in [5.74, 6) is -0.520. The summed E-state index contributed by atoms with van der Waals surface area (Å²) < 4.78 is 4.92. The van der Waals surface area contributed by atoms with Crippen LogP contribution in [0.3, 0.4) is 0 Å². The van der Waals surface area contributed by atoms with Crippen molar-refractivity contribution in [3.05, 3.63) is 34.3 Å². The molecule has 100 valence electrons. The zero-order chi connectivity index (χ0) is 13.4. The van der Waals surface area contributed by atoms with E-state index < -0.39 is 5.76 Å². The number of benzene rings is 1. The van der Waals surface area contributed by atoms with Crippen molar-refractivity contribution in [1.82, 2.24) is 15.2 Å². The molecule has 0 aliphatic carbocycles. The Morgan fingerprint density at radius 3 is 3.11 bits per heavy atom. The van der Waals surface area contributed by atoms with E-state index in [4.69, 9.17) is 4.42 Å². The number of hydrogen-bond acceptors (Lipinski definition) is 4. The van der Waals surface area contributed by atoms with E-state index in [-0.39, 0.29) is 11.9 Å². The van der Waals surface area contributed by atoms with Gasteiger partial charge in [-0.25, -0.2) is 4.79 Å². The third-order valence-electron chi connectivity index (χ3n) is 3.43. The second-order valence-corrected chi connectivity index (χ2v) is 4.78. The van der Waals surface area contributed by atoms with Gasteiger partial charge in [0.1, 0.15) is 0 Å². The van der Waals surface area contributed by atoms with E-state index in [2.05, 4.69) is 10.3 Å². The fraction of sp³-hybridized carbons (Fsp3) is 0.385. The Balaban J connectivity index is 1.94. The molecule has 1 aromatic heterocycles. The van der Waals surface area contributed by atoms with Crippen molar-refractivity contribution in [2.75, 3.05) is 19.6 Å². The maximum absolute atomic E-state index is 12.4. The standard InChI is InChI=1S/C13H15N3O3/c1-8-7-14-4-5-16(8)12(17)9-2-3-11-10(6-9)15-13(18)19-11/h2-3,6,8,14H,4-5,7H2,1H3,(H,15,18). The quantitative estimate of drug-likeness (QED) is 0.786. The van der Waals surface area contributed by atoms with E-state index in [1.807, 2.05) is 11.8 Å². The van der Waals surface area contributed by atoms with E-state index in [0.29, 0.717) is 23.2 Å². The lowest BCUT2D eigenvalue weighted by Crippen LogP contribution is -2.52. The van der Waals surface area contributed by atoms with Crippen molar-refractivity contribution in [2.24, 2.45) is 0 Å². The molecule has 2 N–H and O–H groups in total. The van der Waals surface area contributed by atoms with Crippen LogP contribution >= 0.6 is 0 Å². The highest BCUT2D eigenvalue weighted by molar-refractivity contribution is 5.97. The van der Waals surface area contributed by atoms with Gasteiger partial charge in [0, 0.05) is 31.2 Å². The number of piperazine rings is 1. The lowest BCUT2D eigenvalue weighted by molar-refractivity contribution is 0.0656. The smallest absolute Gasteiger partial charge is 0.408 e. The molecule has 2 heterocycles. The summed E-state index contributed by atoms with van der Waals surface area (Å²) in [4.78, 5) is 27.9. The largest absolute Gasteiger partial charge is 0.417 e. The van der Waals surface area contributed by atoms with Crippen LogP contribution in [0.1, 0.15) is 17.3 Å². The van der Waals surface area contributed by atoms with Crippen LogP contribution in [0.2, 0.25) is 0 Å². The predicted molar refractivity (Wildman–Crippen MR) is 70.2 cm³/mol. The molecule has 19 heavy (non-hydrogen) atoms. The summed E-state index contributed by atoms with van der Waals surface area (Å²) in [6, 6.07) is 5.17. The van der Waals surface area contributed by atoms with Gasteiger partial charge in [-0.05, 0) is 25.1 Å². The van der Waals surface area contributed by atoms with Crippen molar-refractivity contribution in [1.29, 1.82) is 0 Å². The molecule has 1 amide bonds. The average molecular weight is 261 g/mol. The molecule has 6 heteroatoms. The Morgan fingerprint density at radius 2 is 2.32 bits per heavy atom. The molecule has 1 atom stereocenters. The van der Waals surface area contributed by atoms with Gasteiger partial charge in [-0.2, -0.15) is 0 Å². The normalized spacial score (nSPS) is 19.8. The van der Waals surface area contributed by atoms with Crippen LogP contribution in [0.5, 0.6) is 0 Å². The third-order valence-corrected chi connectivity index (χ3v) is 3.43. The molecular weight excluding hydrogens is 246 g/mol. The second kappa shape index (κ2) is 4.55. The van der Waals surface area contributed by atoms with Crippen molar-refractivity contribution >= 4 is 17.0 Å². The summed E-state index contributed by atoms with van der Waals surface area (Å²) in [5.41, 5.74) is 1.59. The zero-order valence-corrected chi connectivity index (χ0v) is 10.6. The maximum Gasteiger partial charge on any atom is 0.417 e. The van der Waals surface area contributed by atoms with Crippen LogP contribution in [-0.4, -0.2) is 41.5 Å². The molecule has 1 unspecified atom stereocenters. The summed E-state index contributed by atoms with van der Waals surface area (Å²) in [6.45, 7) is 4.32. The highest BCUT2D eigenvalue weighted by atomic mass is 16.4. The zero-order valence-electron chi connectivity index (χ0n) is 10.6. The van der Waals surface area contributed by atoms with Gasteiger partial charge in [0.25, 0.3) is 5.91 Å². The number of oxazole rings is 1. The van der Waals surface area contributed by atoms with Gasteiger partial charge in [0.2, 0.25) is 0 Å². The Hall–Kier alpha value is -2.08. The number of aromatic amines is 1. The number of fused-ring (bicyclic) bond motifs is 1. The molecule has 0 saturated carbocycles. The number of nitrogens with one attached hydrogen (secondary N) is 2. The first-order valence-electron chi connectivity index (χ1n) is 6.30. The van der Waals surface area contributed by atoms with Crippen molar-refractivity contribution in [2.45, 2.75) is 13.0 Å². The first-order valence-corrected chi connectivity index (χ1v) is 6.30. The van der Waals surface area contributed by atoms with Gasteiger partial charge in [-0.1, -0.05) is 0 Å². The SMILES string of the molecule is CC1CNCCN1C(=O)c1ccc2oc(=O)[nH]c2c1. The molecule has 1 aromatic carbocycles. The number of hydrogen-bond donors (Lipinski definition) is 2. The summed E-state index contributed by atoms with van der Waals surface area (Å²) in [7, 11) is 0. The molecule has 0 radical (unpaired) electrons.